The number of rotatable bonds is 5. The third-order valence-corrected chi connectivity index (χ3v) is 3.80. The highest BCUT2D eigenvalue weighted by Gasteiger charge is 2.29. The molecule has 1 saturated carbocycles. The van der Waals surface area contributed by atoms with Gasteiger partial charge in [-0.15, -0.1) is 0 Å². The maximum atomic E-state index is 12.3. The quantitative estimate of drug-likeness (QED) is 0.742. The van der Waals surface area contributed by atoms with E-state index < -0.39 is 0 Å². The Balaban J connectivity index is 1.47. The van der Waals surface area contributed by atoms with Crippen molar-refractivity contribution in [2.24, 2.45) is 0 Å². The van der Waals surface area contributed by atoms with Gasteiger partial charge < -0.3 is 9.84 Å². The van der Waals surface area contributed by atoms with E-state index in [1.165, 1.54) is 0 Å². The Labute approximate surface area is 137 Å². The third-order valence-electron chi connectivity index (χ3n) is 3.80. The number of aromatic amines is 1. The Morgan fingerprint density at radius 3 is 3.00 bits per heavy atom. The van der Waals surface area contributed by atoms with Crippen molar-refractivity contribution in [1.82, 2.24) is 30.6 Å². The van der Waals surface area contributed by atoms with Gasteiger partial charge in [-0.05, 0) is 31.9 Å². The summed E-state index contributed by atoms with van der Waals surface area (Å²) in [6.07, 6.45) is 2.20. The van der Waals surface area contributed by atoms with Crippen molar-refractivity contribution in [2.45, 2.75) is 32.2 Å². The van der Waals surface area contributed by atoms with Crippen LogP contribution in [0.1, 0.15) is 46.7 Å². The van der Waals surface area contributed by atoms with E-state index in [1.54, 1.807) is 18.2 Å². The number of aromatic nitrogens is 5. The molecule has 2 N–H and O–H groups in total. The summed E-state index contributed by atoms with van der Waals surface area (Å²) >= 11 is 0. The predicted molar refractivity (Wildman–Crippen MR) is 84.0 cm³/mol. The summed E-state index contributed by atoms with van der Waals surface area (Å²) < 4.78 is 5.27. The van der Waals surface area contributed by atoms with Crippen LogP contribution in [0.4, 0.5) is 0 Å². The van der Waals surface area contributed by atoms with Gasteiger partial charge in [-0.2, -0.15) is 10.1 Å². The molecule has 4 rings (SSSR count). The molecule has 1 aliphatic carbocycles. The maximum absolute atomic E-state index is 12.3. The molecule has 0 bridgehead atoms. The monoisotopic (exact) mass is 324 g/mol. The first-order chi connectivity index (χ1) is 11.7. The molecular formula is C16H16N6O2. The third kappa shape index (κ3) is 3.03. The molecule has 122 valence electrons. The molecule has 2 aromatic heterocycles. The van der Waals surface area contributed by atoms with Crippen molar-refractivity contribution >= 4 is 5.91 Å². The lowest BCUT2D eigenvalue weighted by molar-refractivity contribution is 0.0950. The molecule has 0 unspecified atom stereocenters. The molecule has 0 saturated heterocycles. The number of amides is 1. The number of benzene rings is 1. The van der Waals surface area contributed by atoms with Gasteiger partial charge in [0.1, 0.15) is 5.82 Å². The van der Waals surface area contributed by atoms with Crippen LogP contribution in [0, 0.1) is 6.92 Å². The number of carbonyl (C=O) groups excluding carboxylic acids is 1. The molecule has 0 atom stereocenters. The lowest BCUT2D eigenvalue weighted by atomic mass is 10.1. The molecule has 1 aromatic carbocycles. The molecule has 1 amide bonds. The Morgan fingerprint density at radius 2 is 2.25 bits per heavy atom. The van der Waals surface area contributed by atoms with Crippen LogP contribution < -0.4 is 5.32 Å². The highest BCUT2D eigenvalue weighted by Crippen LogP contribution is 2.39. The number of aryl methyl sites for hydroxylation is 1. The van der Waals surface area contributed by atoms with Gasteiger partial charge in [0.05, 0.1) is 6.54 Å². The molecule has 2 heterocycles. The summed E-state index contributed by atoms with van der Waals surface area (Å²) in [5, 5.41) is 13.5. The summed E-state index contributed by atoms with van der Waals surface area (Å²) in [5.41, 5.74) is 1.28. The van der Waals surface area contributed by atoms with E-state index in [4.69, 9.17) is 4.52 Å². The zero-order valence-corrected chi connectivity index (χ0v) is 13.1. The van der Waals surface area contributed by atoms with Crippen molar-refractivity contribution < 1.29 is 9.32 Å². The summed E-state index contributed by atoms with van der Waals surface area (Å²) in [5.74, 6) is 2.65. The average molecular weight is 324 g/mol. The molecule has 0 radical (unpaired) electrons. The van der Waals surface area contributed by atoms with E-state index in [9.17, 15) is 4.79 Å². The van der Waals surface area contributed by atoms with Gasteiger partial charge in [0.15, 0.2) is 5.82 Å². The van der Waals surface area contributed by atoms with Crippen LogP contribution >= 0.6 is 0 Å². The van der Waals surface area contributed by atoms with Gasteiger partial charge in [-0.25, -0.2) is 4.98 Å². The van der Waals surface area contributed by atoms with E-state index >= 15 is 0 Å². The summed E-state index contributed by atoms with van der Waals surface area (Å²) in [7, 11) is 0. The molecular weight excluding hydrogens is 308 g/mol. The van der Waals surface area contributed by atoms with Crippen molar-refractivity contribution in [1.29, 1.82) is 0 Å². The molecule has 0 aliphatic heterocycles. The fraction of sp³-hybridized carbons (Fsp3) is 0.312. The van der Waals surface area contributed by atoms with Crippen LogP contribution in [-0.4, -0.2) is 31.2 Å². The first-order valence-electron chi connectivity index (χ1n) is 7.79. The van der Waals surface area contributed by atoms with Crippen molar-refractivity contribution in [3.8, 4) is 11.4 Å². The second-order valence-corrected chi connectivity index (χ2v) is 5.83. The highest BCUT2D eigenvalue weighted by molar-refractivity contribution is 5.95. The highest BCUT2D eigenvalue weighted by atomic mass is 16.5. The molecule has 0 spiro atoms. The Bertz CT molecular complexity index is 880. The standard InChI is InChI=1S/C16H16N6O2/c1-9-18-13(21-20-9)8-17-15(23)12-4-2-3-11(7-12)14-19-16(24-22-14)10-5-6-10/h2-4,7,10H,5-6,8H2,1H3,(H,17,23)(H,18,20,21). The van der Waals surface area contributed by atoms with E-state index in [1.807, 2.05) is 13.0 Å². The predicted octanol–water partition coefficient (Wildman–Crippen LogP) is 1.97. The van der Waals surface area contributed by atoms with Crippen molar-refractivity contribution in [3.63, 3.8) is 0 Å². The van der Waals surface area contributed by atoms with E-state index in [0.717, 1.165) is 18.4 Å². The minimum absolute atomic E-state index is 0.204. The zero-order chi connectivity index (χ0) is 16.5. The molecule has 1 aliphatic rings. The number of nitrogens with one attached hydrogen (secondary N) is 2. The number of carbonyl (C=O) groups is 1. The molecule has 3 aromatic rings. The van der Waals surface area contributed by atoms with Crippen LogP contribution in [-0.2, 0) is 6.54 Å². The van der Waals surface area contributed by atoms with Gasteiger partial charge in [0.2, 0.25) is 11.7 Å². The normalized spacial score (nSPS) is 13.9. The lowest BCUT2D eigenvalue weighted by Crippen LogP contribution is -2.23. The molecule has 1 fully saturated rings. The van der Waals surface area contributed by atoms with Gasteiger partial charge in [0.25, 0.3) is 5.91 Å². The molecule has 24 heavy (non-hydrogen) atoms. The SMILES string of the molecule is Cc1nc(CNC(=O)c2cccc(-c3noc(C4CC4)n3)c2)n[nH]1. The second kappa shape index (κ2) is 5.88. The number of nitrogens with zero attached hydrogens (tertiary/aromatic N) is 4. The first kappa shape index (κ1) is 14.6. The van der Waals surface area contributed by atoms with Gasteiger partial charge in [-0.1, -0.05) is 17.3 Å². The Kier molecular flexibility index (Phi) is 3.56. The lowest BCUT2D eigenvalue weighted by Gasteiger charge is -2.04. The van der Waals surface area contributed by atoms with Gasteiger partial charge >= 0.3 is 0 Å². The van der Waals surface area contributed by atoms with E-state index in [-0.39, 0.29) is 12.5 Å². The number of hydrogen-bond donors (Lipinski definition) is 2. The molecule has 8 heteroatoms. The van der Waals surface area contributed by atoms with Crippen LogP contribution in [0.3, 0.4) is 0 Å². The van der Waals surface area contributed by atoms with Crippen LogP contribution in [0.2, 0.25) is 0 Å². The maximum Gasteiger partial charge on any atom is 0.251 e. The van der Waals surface area contributed by atoms with Crippen LogP contribution in [0.15, 0.2) is 28.8 Å². The number of H-pyrrole nitrogens is 1. The van der Waals surface area contributed by atoms with Crippen molar-refractivity contribution in [2.75, 3.05) is 0 Å². The molecule has 8 nitrogen and oxygen atoms in total. The fourth-order valence-corrected chi connectivity index (χ4v) is 2.38. The van der Waals surface area contributed by atoms with Gasteiger partial charge in [0, 0.05) is 17.0 Å². The summed E-state index contributed by atoms with van der Waals surface area (Å²) in [6, 6.07) is 7.15. The second-order valence-electron chi connectivity index (χ2n) is 5.83. The Morgan fingerprint density at radius 1 is 1.38 bits per heavy atom. The largest absolute Gasteiger partial charge is 0.345 e. The summed E-state index contributed by atoms with van der Waals surface area (Å²) in [4.78, 5) is 20.8. The fourth-order valence-electron chi connectivity index (χ4n) is 2.38. The van der Waals surface area contributed by atoms with E-state index in [0.29, 0.717) is 34.8 Å². The van der Waals surface area contributed by atoms with Gasteiger partial charge in [-0.3, -0.25) is 9.89 Å². The first-order valence-corrected chi connectivity index (χ1v) is 7.79. The van der Waals surface area contributed by atoms with E-state index in [2.05, 4.69) is 30.6 Å². The smallest absolute Gasteiger partial charge is 0.251 e. The van der Waals surface area contributed by atoms with Crippen molar-refractivity contribution in [3.05, 3.63) is 47.4 Å². The Hall–Kier alpha value is -3.03. The summed E-state index contributed by atoms with van der Waals surface area (Å²) in [6.45, 7) is 2.07. The zero-order valence-electron chi connectivity index (χ0n) is 13.1. The minimum Gasteiger partial charge on any atom is -0.345 e. The topological polar surface area (TPSA) is 110 Å². The minimum atomic E-state index is -0.204. The van der Waals surface area contributed by atoms with Crippen LogP contribution in [0.5, 0.6) is 0 Å². The average Bonchev–Trinajstić information content (AvgIpc) is 3.18. The number of hydrogen-bond acceptors (Lipinski definition) is 6. The van der Waals surface area contributed by atoms with Crippen LogP contribution in [0.25, 0.3) is 11.4 Å².